The molecule has 0 saturated carbocycles. The Kier molecular flexibility index (Phi) is 3.80. The van der Waals surface area contributed by atoms with Gasteiger partial charge in [-0.3, -0.25) is 0 Å². The quantitative estimate of drug-likeness (QED) is 0.666. The standard InChI is InChI=1S/C7H13N.H2O.3O.Re/c1-4-8-5-2-7(1)3-6-8;;;;;/h7H,1-6H2;1H2;;;;/q;;;;;+1/p-1. The topological polar surface area (TPSA) is 74.7 Å². The van der Waals surface area contributed by atoms with Crippen molar-refractivity contribution in [1.82, 2.24) is 4.90 Å². The van der Waals surface area contributed by atoms with Crippen molar-refractivity contribution in [3.05, 3.63) is 0 Å². The molecule has 1 N–H and O–H groups in total. The molecule has 2 bridgehead atoms. The number of rotatable bonds is 0. The Hall–Kier alpha value is -0.0177. The number of hydrogen-bond donors (Lipinski definition) is 1. The van der Waals surface area contributed by atoms with Crippen LogP contribution in [0.15, 0.2) is 0 Å². The van der Waals surface area contributed by atoms with Gasteiger partial charge in [0.05, 0.1) is 0 Å². The van der Waals surface area contributed by atoms with Crippen molar-refractivity contribution < 1.29 is 30.0 Å². The van der Waals surface area contributed by atoms with E-state index in [1.807, 2.05) is 0 Å². The van der Waals surface area contributed by atoms with Crippen molar-refractivity contribution in [1.29, 1.82) is 0 Å². The Bertz CT molecular complexity index is 259. The van der Waals surface area contributed by atoms with E-state index in [4.69, 9.17) is 14.2 Å². The molecule has 0 atom stereocenters. The van der Waals surface area contributed by atoms with E-state index in [0.717, 1.165) is 5.92 Å². The number of nitrogens with zero attached hydrogens (tertiary/aromatic N) is 1. The second-order valence-corrected chi connectivity index (χ2v) is 6.32. The summed E-state index contributed by atoms with van der Waals surface area (Å²) in [5, 5.41) is 0. The van der Waals surface area contributed by atoms with Gasteiger partial charge in [-0.2, -0.15) is 0 Å². The maximum atomic E-state index is 8.75. The number of fused-ring (bicyclic) bond motifs is 3. The summed E-state index contributed by atoms with van der Waals surface area (Å²) in [6.07, 6.45) is 4.46. The van der Waals surface area contributed by atoms with E-state index >= 15 is 0 Å². The van der Waals surface area contributed by atoms with Crippen molar-refractivity contribution >= 4 is 0 Å². The fourth-order valence-electron chi connectivity index (χ4n) is 1.86. The molecule has 0 unspecified atom stereocenters. The first-order valence-electron chi connectivity index (χ1n) is 4.31. The first-order valence-corrected chi connectivity index (χ1v) is 8.85. The Morgan fingerprint density at radius 3 is 1.38 bits per heavy atom. The molecule has 3 heterocycles. The van der Waals surface area contributed by atoms with E-state index in [1.165, 1.54) is 38.9 Å². The van der Waals surface area contributed by atoms with Gasteiger partial charge in [0.2, 0.25) is 0 Å². The van der Waals surface area contributed by atoms with Crippen LogP contribution in [0.5, 0.6) is 0 Å². The van der Waals surface area contributed by atoms with E-state index < -0.39 is 15.8 Å². The minimum absolute atomic E-state index is 1.11. The van der Waals surface area contributed by atoms with Crippen molar-refractivity contribution in [3.8, 4) is 0 Å². The molecule has 3 aliphatic heterocycles. The van der Waals surface area contributed by atoms with Crippen LogP contribution in [-0.2, 0) is 26.2 Å². The van der Waals surface area contributed by atoms with Crippen LogP contribution >= 0.6 is 0 Å². The Morgan fingerprint density at radius 2 is 1.31 bits per heavy atom. The van der Waals surface area contributed by atoms with E-state index in [0.29, 0.717) is 0 Å². The predicted molar refractivity (Wildman–Crippen MR) is 38.1 cm³/mol. The monoisotopic (exact) mass is 363 g/mol. The molecule has 5 nitrogen and oxygen atoms in total. The van der Waals surface area contributed by atoms with Crippen LogP contribution in [0.25, 0.3) is 0 Å². The summed E-state index contributed by atoms with van der Waals surface area (Å²) in [7, 11) is 0. The average Bonchev–Trinajstić information content (AvgIpc) is 2.05. The molecule has 3 fully saturated rings. The molecule has 3 aliphatic rings. The average molecular weight is 362 g/mol. The van der Waals surface area contributed by atoms with Gasteiger partial charge in [-0.1, -0.05) is 0 Å². The number of hydrogen-bond acceptors (Lipinski definition) is 4. The molecule has 0 spiro atoms. The van der Waals surface area contributed by atoms with E-state index in [2.05, 4.69) is 4.90 Å². The molecule has 3 rings (SSSR count). The first-order chi connectivity index (χ1) is 5.95. The van der Waals surface area contributed by atoms with Crippen LogP contribution in [0, 0.1) is 5.92 Å². The molecule has 6 heteroatoms. The predicted octanol–water partition coefficient (Wildman–Crippen LogP) is 0.186. The second-order valence-electron chi connectivity index (χ2n) is 3.47. The molecule has 78 valence electrons. The molecule has 0 amide bonds. The molecule has 0 radical (unpaired) electrons. The summed E-state index contributed by atoms with van der Waals surface area (Å²) in [5.74, 6) is 1.11. The normalized spacial score (nSPS) is 32.1. The van der Waals surface area contributed by atoms with E-state index in [1.54, 1.807) is 0 Å². The molecule has 0 aromatic carbocycles. The first kappa shape index (κ1) is 11.1. The van der Waals surface area contributed by atoms with Crippen LogP contribution in [0.3, 0.4) is 0 Å². The SMILES string of the molecule is C1CN2CCC1CC2.[O]=[Re](=[O])(=[O])[OH]. The fourth-order valence-corrected chi connectivity index (χ4v) is 1.86. The number of piperidine rings is 3. The molecule has 0 aliphatic carbocycles. The van der Waals surface area contributed by atoms with Gasteiger partial charge in [0.1, 0.15) is 0 Å². The van der Waals surface area contributed by atoms with Gasteiger partial charge in [0.25, 0.3) is 0 Å². The summed E-state index contributed by atoms with van der Waals surface area (Å²) in [6, 6.07) is 0. The van der Waals surface area contributed by atoms with Crippen LogP contribution < -0.4 is 0 Å². The Morgan fingerprint density at radius 1 is 1.00 bits per heavy atom. The molecule has 3 saturated heterocycles. The molecule has 0 aromatic rings. The summed E-state index contributed by atoms with van der Waals surface area (Å²) in [4.78, 5) is 2.58. The fraction of sp³-hybridized carbons (Fsp3) is 1.00. The Balaban J connectivity index is 0.000000149. The second kappa shape index (κ2) is 4.47. The summed E-state index contributed by atoms with van der Waals surface area (Å²) < 4.78 is 33.3. The third-order valence-corrected chi connectivity index (χ3v) is 2.56. The molecule has 0 aromatic heterocycles. The zero-order chi connectivity index (χ0) is 9.90. The summed E-state index contributed by atoms with van der Waals surface area (Å²) >= 11 is -5.86. The van der Waals surface area contributed by atoms with Gasteiger partial charge in [-0.15, -0.1) is 0 Å². The van der Waals surface area contributed by atoms with Gasteiger partial charge in [0, 0.05) is 0 Å². The summed E-state index contributed by atoms with van der Waals surface area (Å²) in [5.41, 5.74) is 0. The van der Waals surface area contributed by atoms with Crippen molar-refractivity contribution in [2.75, 3.05) is 19.6 Å². The van der Waals surface area contributed by atoms with Gasteiger partial charge in [-0.05, 0) is 44.8 Å². The van der Waals surface area contributed by atoms with Crippen LogP contribution in [-0.4, -0.2) is 28.4 Å². The third-order valence-electron chi connectivity index (χ3n) is 2.56. The van der Waals surface area contributed by atoms with Crippen LogP contribution in [0.4, 0.5) is 0 Å². The molecular weight excluding hydrogens is 348 g/mol. The van der Waals surface area contributed by atoms with E-state index in [9.17, 15) is 0 Å². The van der Waals surface area contributed by atoms with Gasteiger partial charge in [0.15, 0.2) is 0 Å². The summed E-state index contributed by atoms with van der Waals surface area (Å²) in [6.45, 7) is 4.18. The van der Waals surface area contributed by atoms with Gasteiger partial charge >= 0.3 is 30.0 Å². The van der Waals surface area contributed by atoms with Crippen LogP contribution in [0.1, 0.15) is 19.3 Å². The van der Waals surface area contributed by atoms with Crippen LogP contribution in [0.2, 0.25) is 0 Å². The minimum atomic E-state index is -5.86. The molecule has 13 heavy (non-hydrogen) atoms. The van der Waals surface area contributed by atoms with Gasteiger partial charge in [-0.25, -0.2) is 0 Å². The Labute approximate surface area is 80.1 Å². The van der Waals surface area contributed by atoms with Gasteiger partial charge < -0.3 is 4.90 Å². The zero-order valence-corrected chi connectivity index (χ0v) is 10.0. The maximum absolute atomic E-state index is 8.75. The van der Waals surface area contributed by atoms with E-state index in [-0.39, 0.29) is 0 Å². The van der Waals surface area contributed by atoms with Crippen molar-refractivity contribution in [2.24, 2.45) is 5.92 Å². The van der Waals surface area contributed by atoms with Crippen molar-refractivity contribution in [3.63, 3.8) is 0 Å². The van der Waals surface area contributed by atoms with Crippen molar-refractivity contribution in [2.45, 2.75) is 19.3 Å². The molecular formula is C7H14NO4Re. The third kappa shape index (κ3) is 5.32. The zero-order valence-electron chi connectivity index (χ0n) is 7.32.